The van der Waals surface area contributed by atoms with Crippen LogP contribution in [-0.4, -0.2) is 9.97 Å². The molecule has 0 radical (unpaired) electrons. The van der Waals surface area contributed by atoms with Crippen LogP contribution in [0.1, 0.15) is 12.5 Å². The average Bonchev–Trinajstić information content (AvgIpc) is 2.81. The van der Waals surface area contributed by atoms with E-state index in [1.165, 1.54) is 6.07 Å². The van der Waals surface area contributed by atoms with Gasteiger partial charge in [-0.25, -0.2) is 4.39 Å². The summed E-state index contributed by atoms with van der Waals surface area (Å²) in [6.07, 6.45) is 3.96. The lowest BCUT2D eigenvalue weighted by Gasteiger charge is -2.02. The van der Waals surface area contributed by atoms with Crippen molar-refractivity contribution in [3.05, 3.63) is 58.4 Å². The van der Waals surface area contributed by atoms with Crippen LogP contribution in [-0.2, 0) is 6.42 Å². The number of nitrogens with one attached hydrogen (secondary N) is 2. The molecule has 0 atom stereocenters. The van der Waals surface area contributed by atoms with Gasteiger partial charge in [0.05, 0.1) is 0 Å². The monoisotopic (exact) mass is 256 g/mol. The minimum absolute atomic E-state index is 0.147. The fraction of sp³-hybridized carbons (Fsp3) is 0.133. The van der Waals surface area contributed by atoms with Crippen molar-refractivity contribution in [2.24, 2.45) is 0 Å². The zero-order valence-electron chi connectivity index (χ0n) is 10.5. The van der Waals surface area contributed by atoms with Crippen LogP contribution in [0.2, 0.25) is 0 Å². The van der Waals surface area contributed by atoms with Gasteiger partial charge in [0.1, 0.15) is 5.82 Å². The summed E-state index contributed by atoms with van der Waals surface area (Å²) in [7, 11) is 0. The molecule has 0 bridgehead atoms. The molecule has 0 amide bonds. The van der Waals surface area contributed by atoms with E-state index in [9.17, 15) is 9.18 Å². The van der Waals surface area contributed by atoms with E-state index >= 15 is 0 Å². The highest BCUT2D eigenvalue weighted by atomic mass is 19.1. The number of benzene rings is 1. The number of aryl methyl sites for hydroxylation is 1. The molecule has 3 nitrogen and oxygen atoms in total. The summed E-state index contributed by atoms with van der Waals surface area (Å²) < 4.78 is 13.7. The van der Waals surface area contributed by atoms with E-state index in [1.54, 1.807) is 24.5 Å². The van der Waals surface area contributed by atoms with Crippen LogP contribution in [0.5, 0.6) is 0 Å². The third-order valence-electron chi connectivity index (χ3n) is 3.34. The second kappa shape index (κ2) is 4.39. The summed E-state index contributed by atoms with van der Waals surface area (Å²) in [6, 6.07) is 6.83. The number of aromatic nitrogens is 2. The van der Waals surface area contributed by atoms with Crippen molar-refractivity contribution < 1.29 is 4.39 Å². The molecule has 3 rings (SSSR count). The van der Waals surface area contributed by atoms with Gasteiger partial charge in [-0.3, -0.25) is 4.79 Å². The summed E-state index contributed by atoms with van der Waals surface area (Å²) in [6.45, 7) is 1.91. The average molecular weight is 256 g/mol. The van der Waals surface area contributed by atoms with E-state index < -0.39 is 0 Å². The molecule has 0 aliphatic carbocycles. The maximum atomic E-state index is 13.7. The van der Waals surface area contributed by atoms with Crippen LogP contribution in [0.15, 0.2) is 41.5 Å². The molecule has 0 unspecified atom stereocenters. The summed E-state index contributed by atoms with van der Waals surface area (Å²) in [5, 5.41) is 0.870. The Morgan fingerprint density at radius 3 is 2.79 bits per heavy atom. The van der Waals surface area contributed by atoms with Gasteiger partial charge in [-0.2, -0.15) is 0 Å². The molecule has 0 aliphatic rings. The van der Waals surface area contributed by atoms with Gasteiger partial charge in [0, 0.05) is 34.4 Å². The van der Waals surface area contributed by atoms with E-state index in [0.29, 0.717) is 23.1 Å². The zero-order valence-corrected chi connectivity index (χ0v) is 10.5. The van der Waals surface area contributed by atoms with Crippen molar-refractivity contribution in [3.63, 3.8) is 0 Å². The topological polar surface area (TPSA) is 48.6 Å². The first-order chi connectivity index (χ1) is 9.20. The van der Waals surface area contributed by atoms with Crippen molar-refractivity contribution in [3.8, 4) is 11.1 Å². The molecule has 0 spiro atoms. The Balaban J connectivity index is 2.31. The maximum absolute atomic E-state index is 13.7. The lowest BCUT2D eigenvalue weighted by Crippen LogP contribution is -2.06. The van der Waals surface area contributed by atoms with Crippen molar-refractivity contribution in [2.75, 3.05) is 0 Å². The standard InChI is InChI=1S/C15H13FN2O/c1-2-9-6-11-12(8-18-14(11)7-13(9)16)10-4-3-5-17-15(10)19/h3-8,18H,2H2,1H3,(H,17,19). The Bertz CT molecular complexity index is 801. The highest BCUT2D eigenvalue weighted by Gasteiger charge is 2.11. The van der Waals surface area contributed by atoms with Gasteiger partial charge in [-0.1, -0.05) is 6.92 Å². The molecule has 3 aromatic rings. The number of aromatic amines is 2. The van der Waals surface area contributed by atoms with Gasteiger partial charge in [0.15, 0.2) is 0 Å². The van der Waals surface area contributed by atoms with Gasteiger partial charge in [-0.05, 0) is 36.2 Å². The SMILES string of the molecule is CCc1cc2c(-c3ccc[nH]c3=O)c[nH]c2cc1F. The Kier molecular flexibility index (Phi) is 2.71. The first-order valence-electron chi connectivity index (χ1n) is 6.18. The molecule has 2 aromatic heterocycles. The number of H-pyrrole nitrogens is 2. The molecule has 0 saturated carbocycles. The van der Waals surface area contributed by atoms with Gasteiger partial charge >= 0.3 is 0 Å². The Hall–Kier alpha value is -2.36. The van der Waals surface area contributed by atoms with E-state index in [1.807, 2.05) is 13.0 Å². The van der Waals surface area contributed by atoms with Crippen LogP contribution in [0.4, 0.5) is 4.39 Å². The van der Waals surface area contributed by atoms with E-state index in [0.717, 1.165) is 10.9 Å². The van der Waals surface area contributed by atoms with Crippen LogP contribution in [0.3, 0.4) is 0 Å². The Morgan fingerprint density at radius 1 is 1.21 bits per heavy atom. The zero-order chi connectivity index (χ0) is 13.4. The molecular weight excluding hydrogens is 243 g/mol. The molecule has 0 aliphatic heterocycles. The smallest absolute Gasteiger partial charge is 0.255 e. The Labute approximate surface area is 109 Å². The molecular formula is C15H13FN2O. The van der Waals surface area contributed by atoms with E-state index in [2.05, 4.69) is 9.97 Å². The molecule has 2 heterocycles. The Morgan fingerprint density at radius 2 is 2.05 bits per heavy atom. The van der Waals surface area contributed by atoms with Crippen LogP contribution in [0, 0.1) is 5.82 Å². The largest absolute Gasteiger partial charge is 0.360 e. The minimum Gasteiger partial charge on any atom is -0.360 e. The summed E-state index contributed by atoms with van der Waals surface area (Å²) in [4.78, 5) is 17.5. The molecule has 0 fully saturated rings. The number of pyridine rings is 1. The predicted molar refractivity (Wildman–Crippen MR) is 73.7 cm³/mol. The lowest BCUT2D eigenvalue weighted by atomic mass is 10.0. The van der Waals surface area contributed by atoms with Crippen molar-refractivity contribution in [1.82, 2.24) is 9.97 Å². The van der Waals surface area contributed by atoms with Crippen LogP contribution >= 0.6 is 0 Å². The van der Waals surface area contributed by atoms with Gasteiger partial charge in [0.2, 0.25) is 0 Å². The summed E-state index contributed by atoms with van der Waals surface area (Å²) >= 11 is 0. The fourth-order valence-corrected chi connectivity index (χ4v) is 2.32. The molecule has 1 aromatic carbocycles. The first-order valence-corrected chi connectivity index (χ1v) is 6.18. The third kappa shape index (κ3) is 1.85. The van der Waals surface area contributed by atoms with Gasteiger partial charge < -0.3 is 9.97 Å². The third-order valence-corrected chi connectivity index (χ3v) is 3.34. The van der Waals surface area contributed by atoms with E-state index in [-0.39, 0.29) is 11.4 Å². The van der Waals surface area contributed by atoms with Crippen molar-refractivity contribution in [2.45, 2.75) is 13.3 Å². The second-order valence-corrected chi connectivity index (χ2v) is 4.46. The number of fused-ring (bicyclic) bond motifs is 1. The molecule has 19 heavy (non-hydrogen) atoms. The van der Waals surface area contributed by atoms with Crippen LogP contribution < -0.4 is 5.56 Å². The highest BCUT2D eigenvalue weighted by molar-refractivity contribution is 5.95. The van der Waals surface area contributed by atoms with Gasteiger partial charge in [-0.15, -0.1) is 0 Å². The van der Waals surface area contributed by atoms with Gasteiger partial charge in [0.25, 0.3) is 5.56 Å². The van der Waals surface area contributed by atoms with Crippen LogP contribution in [0.25, 0.3) is 22.0 Å². The fourth-order valence-electron chi connectivity index (χ4n) is 2.32. The number of halogens is 1. The molecule has 4 heteroatoms. The van der Waals surface area contributed by atoms with Crippen molar-refractivity contribution in [1.29, 1.82) is 0 Å². The molecule has 0 saturated heterocycles. The number of hydrogen-bond donors (Lipinski definition) is 2. The highest BCUT2D eigenvalue weighted by Crippen LogP contribution is 2.28. The number of rotatable bonds is 2. The summed E-state index contributed by atoms with van der Waals surface area (Å²) in [5.41, 5.74) is 2.59. The van der Waals surface area contributed by atoms with Crippen molar-refractivity contribution >= 4 is 10.9 Å². The normalized spacial score (nSPS) is 11.1. The lowest BCUT2D eigenvalue weighted by molar-refractivity contribution is 0.614. The first kappa shape index (κ1) is 11.7. The summed E-state index contributed by atoms with van der Waals surface area (Å²) in [5.74, 6) is -0.217. The van der Waals surface area contributed by atoms with E-state index in [4.69, 9.17) is 0 Å². The molecule has 2 N–H and O–H groups in total. The minimum atomic E-state index is -0.217. The predicted octanol–water partition coefficient (Wildman–Crippen LogP) is 3.22. The quantitative estimate of drug-likeness (QED) is 0.726. The molecule has 96 valence electrons. The number of hydrogen-bond acceptors (Lipinski definition) is 1. The second-order valence-electron chi connectivity index (χ2n) is 4.46. The maximum Gasteiger partial charge on any atom is 0.255 e.